The highest BCUT2D eigenvalue weighted by Crippen LogP contribution is 2.32. The molecular weight excluding hydrogens is 308 g/mol. The van der Waals surface area contributed by atoms with E-state index >= 15 is 0 Å². The Morgan fingerprint density at radius 1 is 1.27 bits per heavy atom. The van der Waals surface area contributed by atoms with Crippen LogP contribution in [0.2, 0.25) is 5.02 Å². The molecule has 0 bridgehead atoms. The molecule has 110 valence electrons. The van der Waals surface area contributed by atoms with E-state index in [4.69, 9.17) is 11.6 Å². The van der Waals surface area contributed by atoms with Crippen LogP contribution >= 0.6 is 11.6 Å². The molecule has 0 fully saturated rings. The third kappa shape index (κ3) is 2.59. The summed E-state index contributed by atoms with van der Waals surface area (Å²) >= 11 is 6.05. The number of para-hydroxylation sites is 1. The van der Waals surface area contributed by atoms with Crippen LogP contribution in [0.15, 0.2) is 49.3 Å². The third-order valence-corrected chi connectivity index (χ3v) is 3.19. The van der Waals surface area contributed by atoms with Gasteiger partial charge in [0.2, 0.25) is 11.6 Å². The summed E-state index contributed by atoms with van der Waals surface area (Å²) in [6.07, 6.45) is 5.73. The third-order valence-electron chi connectivity index (χ3n) is 2.86. The van der Waals surface area contributed by atoms with Crippen molar-refractivity contribution < 1.29 is 4.92 Å². The molecule has 9 heteroatoms. The standard InChI is InChI=1S/C13H9ClN6O2/c14-9-3-1-2-4-10(9)18-12-11(20(21)22)13(17-7-16-12)19-6-5-15-8-19/h1-8H,(H,16,17,18). The van der Waals surface area contributed by atoms with Crippen molar-refractivity contribution in [3.8, 4) is 5.82 Å². The Labute approximate surface area is 129 Å². The molecular formula is C13H9ClN6O2. The van der Waals surface area contributed by atoms with Gasteiger partial charge in [-0.05, 0) is 12.1 Å². The number of nitrogens with one attached hydrogen (secondary N) is 1. The van der Waals surface area contributed by atoms with Crippen molar-refractivity contribution in [1.82, 2.24) is 19.5 Å². The van der Waals surface area contributed by atoms with Crippen LogP contribution in [0.1, 0.15) is 0 Å². The molecule has 0 atom stereocenters. The van der Waals surface area contributed by atoms with E-state index < -0.39 is 4.92 Å². The summed E-state index contributed by atoms with van der Waals surface area (Å²) < 4.78 is 1.44. The van der Waals surface area contributed by atoms with Gasteiger partial charge in [0.15, 0.2) is 0 Å². The molecule has 22 heavy (non-hydrogen) atoms. The minimum Gasteiger partial charge on any atom is -0.333 e. The molecule has 0 aliphatic carbocycles. The summed E-state index contributed by atoms with van der Waals surface area (Å²) in [4.78, 5) is 22.7. The molecule has 2 heterocycles. The van der Waals surface area contributed by atoms with Crippen LogP contribution in [0, 0.1) is 10.1 Å². The Kier molecular flexibility index (Phi) is 3.67. The molecule has 0 spiro atoms. The lowest BCUT2D eigenvalue weighted by atomic mass is 10.3. The molecule has 0 saturated carbocycles. The highest BCUT2D eigenvalue weighted by Gasteiger charge is 2.24. The van der Waals surface area contributed by atoms with E-state index in [9.17, 15) is 10.1 Å². The first-order chi connectivity index (χ1) is 10.7. The zero-order valence-corrected chi connectivity index (χ0v) is 11.8. The van der Waals surface area contributed by atoms with E-state index in [1.54, 1.807) is 30.5 Å². The van der Waals surface area contributed by atoms with Crippen LogP contribution in [0.3, 0.4) is 0 Å². The number of nitro groups is 1. The molecule has 1 aromatic carbocycles. The van der Waals surface area contributed by atoms with Gasteiger partial charge in [0.1, 0.15) is 12.7 Å². The van der Waals surface area contributed by atoms with Crippen molar-refractivity contribution in [2.45, 2.75) is 0 Å². The van der Waals surface area contributed by atoms with Gasteiger partial charge < -0.3 is 5.32 Å². The summed E-state index contributed by atoms with van der Waals surface area (Å²) in [7, 11) is 0. The van der Waals surface area contributed by atoms with E-state index in [1.165, 1.54) is 23.4 Å². The van der Waals surface area contributed by atoms with Crippen molar-refractivity contribution in [3.05, 3.63) is 64.5 Å². The molecule has 0 unspecified atom stereocenters. The molecule has 0 aliphatic rings. The number of aromatic nitrogens is 4. The lowest BCUT2D eigenvalue weighted by Crippen LogP contribution is -2.07. The van der Waals surface area contributed by atoms with Crippen LogP contribution in [-0.2, 0) is 0 Å². The summed E-state index contributed by atoms with van der Waals surface area (Å²) in [5, 5.41) is 14.7. The Morgan fingerprint density at radius 3 is 2.77 bits per heavy atom. The van der Waals surface area contributed by atoms with Gasteiger partial charge in [-0.2, -0.15) is 0 Å². The van der Waals surface area contributed by atoms with Gasteiger partial charge >= 0.3 is 5.69 Å². The smallest absolute Gasteiger partial charge is 0.333 e. The highest BCUT2D eigenvalue weighted by molar-refractivity contribution is 6.33. The topological polar surface area (TPSA) is 98.8 Å². The SMILES string of the molecule is O=[N+]([O-])c1c(Nc2ccccc2Cl)ncnc1-n1ccnc1. The molecule has 0 aliphatic heterocycles. The molecule has 8 nitrogen and oxygen atoms in total. The summed E-state index contributed by atoms with van der Waals surface area (Å²) in [5.41, 5.74) is 0.253. The molecule has 0 amide bonds. The van der Waals surface area contributed by atoms with E-state index in [1.807, 2.05) is 0 Å². The summed E-state index contributed by atoms with van der Waals surface area (Å²) in [6, 6.07) is 6.90. The minimum absolute atomic E-state index is 0.0526. The molecule has 0 radical (unpaired) electrons. The molecule has 0 saturated heterocycles. The van der Waals surface area contributed by atoms with Crippen LogP contribution < -0.4 is 5.32 Å². The van der Waals surface area contributed by atoms with Gasteiger partial charge in [-0.25, -0.2) is 15.0 Å². The van der Waals surface area contributed by atoms with Crippen molar-refractivity contribution in [1.29, 1.82) is 0 Å². The first-order valence-corrected chi connectivity index (χ1v) is 6.54. The Morgan fingerprint density at radius 2 is 2.09 bits per heavy atom. The summed E-state index contributed by atoms with van der Waals surface area (Å²) in [5.74, 6) is 0.170. The Hall–Kier alpha value is -3.00. The largest absolute Gasteiger partial charge is 0.354 e. The van der Waals surface area contributed by atoms with Crippen LogP contribution in [0.4, 0.5) is 17.2 Å². The fourth-order valence-electron chi connectivity index (χ4n) is 1.89. The quantitative estimate of drug-likeness (QED) is 0.587. The lowest BCUT2D eigenvalue weighted by molar-refractivity contribution is -0.384. The number of hydrogen-bond acceptors (Lipinski definition) is 6. The molecule has 3 aromatic rings. The van der Waals surface area contributed by atoms with E-state index in [0.29, 0.717) is 10.7 Å². The number of anilines is 2. The highest BCUT2D eigenvalue weighted by atomic mass is 35.5. The van der Waals surface area contributed by atoms with Crippen molar-refractivity contribution in [2.24, 2.45) is 0 Å². The first-order valence-electron chi connectivity index (χ1n) is 6.16. The van der Waals surface area contributed by atoms with Crippen LogP contribution in [0.25, 0.3) is 5.82 Å². The number of rotatable bonds is 4. The fraction of sp³-hybridized carbons (Fsp3) is 0. The fourth-order valence-corrected chi connectivity index (χ4v) is 2.08. The second kappa shape index (κ2) is 5.78. The molecule has 2 aromatic heterocycles. The normalized spacial score (nSPS) is 10.4. The second-order valence-electron chi connectivity index (χ2n) is 4.23. The Bertz CT molecular complexity index is 821. The van der Waals surface area contributed by atoms with Gasteiger partial charge in [0.25, 0.3) is 0 Å². The number of hydrogen-bond donors (Lipinski definition) is 1. The van der Waals surface area contributed by atoms with Crippen LogP contribution in [-0.4, -0.2) is 24.4 Å². The van der Waals surface area contributed by atoms with E-state index in [0.717, 1.165) is 0 Å². The number of imidazole rings is 1. The minimum atomic E-state index is -0.547. The van der Waals surface area contributed by atoms with Crippen molar-refractivity contribution in [3.63, 3.8) is 0 Å². The number of benzene rings is 1. The van der Waals surface area contributed by atoms with Gasteiger partial charge in [-0.3, -0.25) is 14.7 Å². The van der Waals surface area contributed by atoms with Gasteiger partial charge in [0.05, 0.1) is 15.6 Å². The first kappa shape index (κ1) is 14.0. The maximum atomic E-state index is 11.4. The van der Waals surface area contributed by atoms with Gasteiger partial charge in [0, 0.05) is 12.4 Å². The van der Waals surface area contributed by atoms with E-state index in [-0.39, 0.29) is 17.3 Å². The molecule has 3 rings (SSSR count). The average molecular weight is 317 g/mol. The van der Waals surface area contributed by atoms with Gasteiger partial charge in [-0.15, -0.1) is 0 Å². The maximum absolute atomic E-state index is 11.4. The average Bonchev–Trinajstić information content (AvgIpc) is 3.03. The summed E-state index contributed by atoms with van der Waals surface area (Å²) in [6.45, 7) is 0. The zero-order chi connectivity index (χ0) is 15.5. The maximum Gasteiger partial charge on any atom is 0.354 e. The number of halogens is 1. The predicted octanol–water partition coefficient (Wildman–Crippen LogP) is 2.97. The van der Waals surface area contributed by atoms with E-state index in [2.05, 4.69) is 20.3 Å². The van der Waals surface area contributed by atoms with Crippen LogP contribution in [0.5, 0.6) is 0 Å². The van der Waals surface area contributed by atoms with Crippen molar-refractivity contribution >= 4 is 28.8 Å². The molecule has 1 N–H and O–H groups in total. The lowest BCUT2D eigenvalue weighted by Gasteiger charge is -2.09. The zero-order valence-electron chi connectivity index (χ0n) is 11.0. The Balaban J connectivity index is 2.10. The van der Waals surface area contributed by atoms with Gasteiger partial charge in [-0.1, -0.05) is 23.7 Å². The second-order valence-corrected chi connectivity index (χ2v) is 4.63. The predicted molar refractivity (Wildman–Crippen MR) is 80.5 cm³/mol. The number of nitrogens with zero attached hydrogens (tertiary/aromatic N) is 5. The monoisotopic (exact) mass is 316 g/mol. The van der Waals surface area contributed by atoms with Crippen molar-refractivity contribution in [2.75, 3.05) is 5.32 Å².